The van der Waals surface area contributed by atoms with E-state index in [9.17, 15) is 14.7 Å². The molecule has 0 aromatic heterocycles. The molecule has 5 heteroatoms. The van der Waals surface area contributed by atoms with Gasteiger partial charge < -0.3 is 15.2 Å². The molecule has 1 aromatic rings. The first-order valence-electron chi connectivity index (χ1n) is 8.23. The zero-order valence-corrected chi connectivity index (χ0v) is 13.6. The summed E-state index contributed by atoms with van der Waals surface area (Å²) in [5, 5.41) is 12.2. The van der Waals surface area contributed by atoms with Crippen molar-refractivity contribution in [2.24, 2.45) is 0 Å². The van der Waals surface area contributed by atoms with E-state index in [1.165, 1.54) is 0 Å². The van der Waals surface area contributed by atoms with Gasteiger partial charge in [0.05, 0.1) is 7.11 Å². The van der Waals surface area contributed by atoms with Crippen molar-refractivity contribution >= 4 is 11.9 Å². The van der Waals surface area contributed by atoms with Gasteiger partial charge in [-0.25, -0.2) is 4.79 Å². The first kappa shape index (κ1) is 17.3. The lowest BCUT2D eigenvalue weighted by Crippen LogP contribution is -2.55. The maximum Gasteiger partial charge on any atom is 0.329 e. The Morgan fingerprint density at radius 2 is 1.83 bits per heavy atom. The van der Waals surface area contributed by atoms with Gasteiger partial charge in [-0.2, -0.15) is 0 Å². The van der Waals surface area contributed by atoms with E-state index < -0.39 is 11.5 Å². The molecule has 0 atom stereocenters. The molecule has 1 aromatic carbocycles. The Morgan fingerprint density at radius 3 is 2.39 bits per heavy atom. The molecule has 2 N–H and O–H groups in total. The van der Waals surface area contributed by atoms with Crippen LogP contribution in [-0.2, 0) is 16.0 Å². The smallest absolute Gasteiger partial charge is 0.329 e. The predicted octanol–water partition coefficient (Wildman–Crippen LogP) is 2.92. The normalized spacial score (nSPS) is 16.6. The van der Waals surface area contributed by atoms with E-state index in [4.69, 9.17) is 4.74 Å². The third-order valence-corrected chi connectivity index (χ3v) is 4.52. The standard InChI is InChI=1S/C18H25NO4/c1-23-15-10-8-14(9-11-15)6-5-7-16(20)19-18(17(21)22)12-3-2-4-13-18/h8-11H,2-7,12-13H2,1H3,(H,19,20)(H,21,22). The first-order valence-corrected chi connectivity index (χ1v) is 8.23. The lowest BCUT2D eigenvalue weighted by atomic mass is 9.81. The van der Waals surface area contributed by atoms with E-state index in [0.29, 0.717) is 25.7 Å². The number of aryl methyl sites for hydroxylation is 1. The Morgan fingerprint density at radius 1 is 1.17 bits per heavy atom. The zero-order chi connectivity index (χ0) is 16.7. The second-order valence-corrected chi connectivity index (χ2v) is 6.20. The van der Waals surface area contributed by atoms with Gasteiger partial charge in [0.25, 0.3) is 0 Å². The summed E-state index contributed by atoms with van der Waals surface area (Å²) in [6, 6.07) is 7.76. The minimum absolute atomic E-state index is 0.164. The van der Waals surface area contributed by atoms with E-state index in [-0.39, 0.29) is 5.91 Å². The van der Waals surface area contributed by atoms with Crippen LogP contribution in [0.1, 0.15) is 50.5 Å². The molecule has 0 unspecified atom stereocenters. The molecule has 0 aliphatic heterocycles. The summed E-state index contributed by atoms with van der Waals surface area (Å²) in [7, 11) is 1.63. The monoisotopic (exact) mass is 319 g/mol. The van der Waals surface area contributed by atoms with Crippen LogP contribution < -0.4 is 10.1 Å². The Balaban J connectivity index is 1.80. The van der Waals surface area contributed by atoms with Crippen LogP contribution in [0.15, 0.2) is 24.3 Å². The topological polar surface area (TPSA) is 75.6 Å². The fourth-order valence-corrected chi connectivity index (χ4v) is 3.12. The third-order valence-electron chi connectivity index (χ3n) is 4.52. The molecule has 1 saturated carbocycles. The van der Waals surface area contributed by atoms with E-state index in [1.807, 2.05) is 24.3 Å². The number of aliphatic carboxylic acids is 1. The molecule has 0 radical (unpaired) electrons. The molecular weight excluding hydrogens is 294 g/mol. The van der Waals surface area contributed by atoms with Crippen LogP contribution in [0.4, 0.5) is 0 Å². The first-order chi connectivity index (χ1) is 11.1. The number of rotatable bonds is 7. The maximum atomic E-state index is 12.1. The Kier molecular flexibility index (Phi) is 6.02. The van der Waals surface area contributed by atoms with Crippen molar-refractivity contribution in [3.05, 3.63) is 29.8 Å². The van der Waals surface area contributed by atoms with E-state index in [1.54, 1.807) is 7.11 Å². The number of hydrogen-bond donors (Lipinski definition) is 2. The Bertz CT molecular complexity index is 532. The van der Waals surface area contributed by atoms with Gasteiger partial charge in [0, 0.05) is 6.42 Å². The molecule has 1 amide bonds. The van der Waals surface area contributed by atoms with Gasteiger partial charge >= 0.3 is 5.97 Å². The summed E-state index contributed by atoms with van der Waals surface area (Å²) in [4.78, 5) is 23.7. The molecule has 1 aliphatic carbocycles. The van der Waals surface area contributed by atoms with E-state index in [0.717, 1.165) is 37.0 Å². The molecule has 1 fully saturated rings. The summed E-state index contributed by atoms with van der Waals surface area (Å²) >= 11 is 0. The van der Waals surface area contributed by atoms with Crippen LogP contribution in [-0.4, -0.2) is 29.6 Å². The van der Waals surface area contributed by atoms with Gasteiger partial charge in [0.1, 0.15) is 11.3 Å². The predicted molar refractivity (Wildman–Crippen MR) is 87.5 cm³/mol. The number of benzene rings is 1. The molecule has 2 rings (SSSR count). The molecule has 1 aliphatic rings. The van der Waals surface area contributed by atoms with Crippen LogP contribution >= 0.6 is 0 Å². The summed E-state index contributed by atoms with van der Waals surface area (Å²) in [6.07, 6.45) is 5.67. The van der Waals surface area contributed by atoms with Gasteiger partial charge in [0.2, 0.25) is 5.91 Å². The minimum atomic E-state index is -1.05. The van der Waals surface area contributed by atoms with Gasteiger partial charge in [-0.05, 0) is 43.4 Å². The van der Waals surface area contributed by atoms with Crippen LogP contribution in [0.25, 0.3) is 0 Å². The van der Waals surface area contributed by atoms with Gasteiger partial charge in [-0.1, -0.05) is 31.4 Å². The van der Waals surface area contributed by atoms with Crippen LogP contribution in [0.2, 0.25) is 0 Å². The number of carboxylic acids is 1. The quantitative estimate of drug-likeness (QED) is 0.810. The SMILES string of the molecule is COc1ccc(CCCC(=O)NC2(C(=O)O)CCCCC2)cc1. The van der Waals surface area contributed by atoms with Crippen molar-refractivity contribution in [2.75, 3.05) is 7.11 Å². The Hall–Kier alpha value is -2.04. The lowest BCUT2D eigenvalue weighted by molar-refractivity contribution is -0.149. The summed E-state index contributed by atoms with van der Waals surface area (Å²) < 4.78 is 5.11. The number of nitrogens with one attached hydrogen (secondary N) is 1. The van der Waals surface area contributed by atoms with Crippen molar-refractivity contribution in [2.45, 2.75) is 56.9 Å². The summed E-state index contributed by atoms with van der Waals surface area (Å²) in [6.45, 7) is 0. The highest BCUT2D eigenvalue weighted by atomic mass is 16.5. The number of carbonyl (C=O) groups excluding carboxylic acids is 1. The number of hydrogen-bond acceptors (Lipinski definition) is 3. The average molecular weight is 319 g/mol. The molecule has 126 valence electrons. The second-order valence-electron chi connectivity index (χ2n) is 6.20. The molecule has 23 heavy (non-hydrogen) atoms. The van der Waals surface area contributed by atoms with Gasteiger partial charge in [0.15, 0.2) is 0 Å². The molecule has 0 spiro atoms. The van der Waals surface area contributed by atoms with Crippen molar-refractivity contribution in [3.8, 4) is 5.75 Å². The van der Waals surface area contributed by atoms with Crippen molar-refractivity contribution in [1.82, 2.24) is 5.32 Å². The van der Waals surface area contributed by atoms with E-state index >= 15 is 0 Å². The van der Waals surface area contributed by atoms with Gasteiger partial charge in [-0.15, -0.1) is 0 Å². The molecule has 0 heterocycles. The number of carbonyl (C=O) groups is 2. The number of carboxylic acid groups (broad SMARTS) is 1. The maximum absolute atomic E-state index is 12.1. The minimum Gasteiger partial charge on any atom is -0.497 e. The van der Waals surface area contributed by atoms with Crippen LogP contribution in [0.3, 0.4) is 0 Å². The second kappa shape index (κ2) is 7.99. The highest BCUT2D eigenvalue weighted by Crippen LogP contribution is 2.28. The number of ether oxygens (including phenoxy) is 1. The fraction of sp³-hybridized carbons (Fsp3) is 0.556. The zero-order valence-electron chi connectivity index (χ0n) is 13.6. The highest BCUT2D eigenvalue weighted by molar-refractivity contribution is 5.87. The van der Waals surface area contributed by atoms with Crippen molar-refractivity contribution in [1.29, 1.82) is 0 Å². The van der Waals surface area contributed by atoms with E-state index in [2.05, 4.69) is 5.32 Å². The average Bonchev–Trinajstić information content (AvgIpc) is 2.56. The van der Waals surface area contributed by atoms with Crippen molar-refractivity contribution in [3.63, 3.8) is 0 Å². The molecular formula is C18H25NO4. The molecule has 0 bridgehead atoms. The summed E-state index contributed by atoms with van der Waals surface area (Å²) in [5.41, 5.74) is 0.0966. The number of amides is 1. The molecule has 0 saturated heterocycles. The lowest BCUT2D eigenvalue weighted by Gasteiger charge is -2.34. The van der Waals surface area contributed by atoms with Gasteiger partial charge in [-0.3, -0.25) is 4.79 Å². The van der Waals surface area contributed by atoms with Crippen LogP contribution in [0, 0.1) is 0 Å². The fourth-order valence-electron chi connectivity index (χ4n) is 3.12. The highest BCUT2D eigenvalue weighted by Gasteiger charge is 2.40. The van der Waals surface area contributed by atoms with Crippen LogP contribution in [0.5, 0.6) is 5.75 Å². The van der Waals surface area contributed by atoms with Crippen molar-refractivity contribution < 1.29 is 19.4 Å². The largest absolute Gasteiger partial charge is 0.497 e. The number of methoxy groups -OCH3 is 1. The molecule has 5 nitrogen and oxygen atoms in total. The summed E-state index contributed by atoms with van der Waals surface area (Å²) in [5.74, 6) is -0.254. The third kappa shape index (κ3) is 4.71. The Labute approximate surface area is 137 Å².